The van der Waals surface area contributed by atoms with E-state index in [1.54, 1.807) is 0 Å². The quantitative estimate of drug-likeness (QED) is 0.258. The minimum atomic E-state index is 0. The first-order chi connectivity index (χ1) is 12.3. The largest absolute Gasteiger partial charge is 4.00 e. The monoisotopic (exact) mass is 372 g/mol. The zero-order valence-corrected chi connectivity index (χ0v) is 16.5. The fourth-order valence-corrected chi connectivity index (χ4v) is 1.68. The molecule has 0 aliphatic rings. The molecule has 0 saturated heterocycles. The Bertz CT molecular complexity index is 648. The average Bonchev–Trinajstić information content (AvgIpc) is 3.42. The fourth-order valence-electron chi connectivity index (χ4n) is 1.68. The van der Waals surface area contributed by atoms with E-state index in [2.05, 4.69) is 19.6 Å². The van der Waals surface area contributed by atoms with E-state index in [0.29, 0.717) is 0 Å². The van der Waals surface area contributed by atoms with Crippen LogP contribution in [0.3, 0.4) is 0 Å². The van der Waals surface area contributed by atoms with E-state index >= 15 is 0 Å². The molecule has 0 spiro atoms. The molecule has 4 rings (SSSR count). The molecule has 0 aliphatic heterocycles. The van der Waals surface area contributed by atoms with Crippen molar-refractivity contribution in [2.75, 3.05) is 0 Å². The molecule has 4 aromatic carbocycles. The van der Waals surface area contributed by atoms with Crippen LogP contribution in [0.4, 0.5) is 0 Å². The van der Waals surface area contributed by atoms with E-state index in [1.165, 1.54) is 0 Å². The Morgan fingerprint density at radius 2 is 1.00 bits per heavy atom. The van der Waals surface area contributed by atoms with E-state index in [4.69, 9.17) is 0 Å². The second-order valence-corrected chi connectivity index (χ2v) is 4.95. The van der Waals surface area contributed by atoms with Crippen molar-refractivity contribution in [1.29, 1.82) is 0 Å². The summed E-state index contributed by atoms with van der Waals surface area (Å²) >= 11 is 0. The molecule has 4 aromatic rings. The summed E-state index contributed by atoms with van der Waals surface area (Å²) in [7, 11) is 0. The molecule has 1 heteroatoms. The molecule has 128 valence electrons. The van der Waals surface area contributed by atoms with Crippen molar-refractivity contribution >= 4 is 0 Å². The van der Waals surface area contributed by atoms with Crippen LogP contribution in [0.1, 0.15) is 11.1 Å². The molecular formula is C25H24Ti. The second-order valence-electron chi connectivity index (χ2n) is 4.95. The van der Waals surface area contributed by atoms with Gasteiger partial charge in [-0.3, -0.25) is 0 Å². The summed E-state index contributed by atoms with van der Waals surface area (Å²) in [5.41, 5.74) is 2.12. The molecule has 0 fully saturated rings. The van der Waals surface area contributed by atoms with Gasteiger partial charge in [-0.25, -0.2) is 24.3 Å². The van der Waals surface area contributed by atoms with Crippen LogP contribution in [0.15, 0.2) is 128 Å². The maximum Gasteiger partial charge on any atom is 4.00 e. The van der Waals surface area contributed by atoms with E-state index in [-0.39, 0.29) is 21.7 Å². The Kier molecular flexibility index (Phi) is 15.6. The third-order valence-electron chi connectivity index (χ3n) is 2.93. The van der Waals surface area contributed by atoms with Gasteiger partial charge in [-0.15, -0.1) is 24.3 Å². The minimum absolute atomic E-state index is 0. The SMILES string of the molecule is C=[C-]c1ccccc1.[CH2-]c1ccccc1.[Ti+4].c1cc[cH-]c1.c1cc[cH-]c1. The number of benzene rings is 2. The molecule has 0 atom stereocenters. The summed E-state index contributed by atoms with van der Waals surface area (Å²) in [6.07, 6.45) is 2.78. The summed E-state index contributed by atoms with van der Waals surface area (Å²) in [6, 6.07) is 39.7. The molecular weight excluding hydrogens is 348 g/mol. The standard InChI is InChI=1S/C8H7.C7H7.2C5H5.Ti/c1-2-8-6-4-3-5-7-8;1-7-5-3-2-4-6-7;2*1-2-4-5-3-1;/h3-7H,1H2;2-6H,1H2;2*1-5H;/q4*-1;+4. The summed E-state index contributed by atoms with van der Waals surface area (Å²) in [4.78, 5) is 0. The van der Waals surface area contributed by atoms with Gasteiger partial charge >= 0.3 is 21.7 Å². The van der Waals surface area contributed by atoms with Gasteiger partial charge in [0.25, 0.3) is 0 Å². The molecule has 0 nitrogen and oxygen atoms in total. The van der Waals surface area contributed by atoms with Gasteiger partial charge in [0.1, 0.15) is 0 Å². The Balaban J connectivity index is 0.000000322. The summed E-state index contributed by atoms with van der Waals surface area (Å²) in [5.74, 6) is 0. The van der Waals surface area contributed by atoms with Gasteiger partial charge in [0.2, 0.25) is 0 Å². The smallest absolute Gasteiger partial charge is 0.214 e. The Morgan fingerprint density at radius 3 is 1.19 bits per heavy atom. The van der Waals surface area contributed by atoms with Gasteiger partial charge in [-0.05, 0) is 0 Å². The van der Waals surface area contributed by atoms with Crippen molar-refractivity contribution in [2.24, 2.45) is 0 Å². The Labute approximate surface area is 173 Å². The predicted molar refractivity (Wildman–Crippen MR) is 109 cm³/mol. The van der Waals surface area contributed by atoms with Gasteiger partial charge in [0, 0.05) is 0 Å². The van der Waals surface area contributed by atoms with Crippen molar-refractivity contribution in [2.45, 2.75) is 0 Å². The maximum atomic E-state index is 3.72. The number of rotatable bonds is 1. The van der Waals surface area contributed by atoms with Crippen LogP contribution in [-0.4, -0.2) is 0 Å². The number of hydrogen-bond donors (Lipinski definition) is 0. The first-order valence-electron chi connectivity index (χ1n) is 8.11. The van der Waals surface area contributed by atoms with Crippen molar-refractivity contribution in [3.8, 4) is 0 Å². The molecule has 0 saturated carbocycles. The zero-order valence-electron chi connectivity index (χ0n) is 15.0. The van der Waals surface area contributed by atoms with E-state index in [0.717, 1.165) is 11.1 Å². The van der Waals surface area contributed by atoms with Gasteiger partial charge in [-0.2, -0.15) is 91.4 Å². The molecule has 0 N–H and O–H groups in total. The van der Waals surface area contributed by atoms with E-state index in [1.807, 2.05) is 121 Å². The van der Waals surface area contributed by atoms with Gasteiger partial charge in [0.15, 0.2) is 0 Å². The van der Waals surface area contributed by atoms with Crippen LogP contribution < -0.4 is 0 Å². The molecule has 0 bridgehead atoms. The normalized spacial score (nSPS) is 8.00. The van der Waals surface area contributed by atoms with Crippen LogP contribution in [0.5, 0.6) is 0 Å². The third-order valence-corrected chi connectivity index (χ3v) is 2.93. The van der Waals surface area contributed by atoms with Crippen LogP contribution >= 0.6 is 0 Å². The van der Waals surface area contributed by atoms with Crippen molar-refractivity contribution < 1.29 is 21.7 Å². The summed E-state index contributed by atoms with van der Waals surface area (Å²) in [5, 5.41) is 0. The van der Waals surface area contributed by atoms with Crippen molar-refractivity contribution in [3.63, 3.8) is 0 Å². The van der Waals surface area contributed by atoms with Crippen molar-refractivity contribution in [3.05, 3.63) is 152 Å². The molecule has 0 radical (unpaired) electrons. The predicted octanol–water partition coefficient (Wildman–Crippen LogP) is 6.70. The Hall–Kier alpha value is -2.54. The summed E-state index contributed by atoms with van der Waals surface area (Å²) in [6.45, 7) is 7.23. The number of hydrogen-bond acceptors (Lipinski definition) is 0. The maximum absolute atomic E-state index is 3.72. The molecule has 0 aliphatic carbocycles. The van der Waals surface area contributed by atoms with E-state index < -0.39 is 0 Å². The summed E-state index contributed by atoms with van der Waals surface area (Å²) < 4.78 is 0. The molecule has 0 heterocycles. The second kappa shape index (κ2) is 17.3. The average molecular weight is 372 g/mol. The molecule has 26 heavy (non-hydrogen) atoms. The first kappa shape index (κ1) is 23.5. The van der Waals surface area contributed by atoms with Crippen LogP contribution in [0.2, 0.25) is 0 Å². The topological polar surface area (TPSA) is 0 Å². The Morgan fingerprint density at radius 1 is 0.615 bits per heavy atom. The van der Waals surface area contributed by atoms with Crippen LogP contribution in [-0.2, 0) is 21.7 Å². The molecule has 0 unspecified atom stereocenters. The third kappa shape index (κ3) is 13.9. The van der Waals surface area contributed by atoms with E-state index in [9.17, 15) is 0 Å². The molecule has 0 amide bonds. The minimum Gasteiger partial charge on any atom is -0.214 e. The van der Waals surface area contributed by atoms with Gasteiger partial charge < -0.3 is 0 Å². The van der Waals surface area contributed by atoms with Crippen molar-refractivity contribution in [1.82, 2.24) is 0 Å². The first-order valence-corrected chi connectivity index (χ1v) is 8.11. The van der Waals surface area contributed by atoms with Crippen LogP contribution in [0.25, 0.3) is 0 Å². The zero-order chi connectivity index (χ0) is 18.0. The fraction of sp³-hybridized carbons (Fsp3) is 0. The molecule has 0 aromatic heterocycles. The van der Waals surface area contributed by atoms with Gasteiger partial charge in [0.05, 0.1) is 0 Å². The van der Waals surface area contributed by atoms with Gasteiger partial charge in [-0.1, -0.05) is 12.1 Å². The van der Waals surface area contributed by atoms with Crippen LogP contribution in [0, 0.1) is 13.0 Å².